The molecule has 7 heteroatoms. The fourth-order valence-corrected chi connectivity index (χ4v) is 2.96. The van der Waals surface area contributed by atoms with Crippen LogP contribution in [0.5, 0.6) is 17.2 Å². The molecule has 0 bridgehead atoms. The van der Waals surface area contributed by atoms with Crippen LogP contribution >= 0.6 is 0 Å². The highest BCUT2D eigenvalue weighted by molar-refractivity contribution is 5.95. The van der Waals surface area contributed by atoms with Gasteiger partial charge >= 0.3 is 5.97 Å². The van der Waals surface area contributed by atoms with Gasteiger partial charge in [0.15, 0.2) is 0 Å². The maximum Gasteiger partial charge on any atom is 0.343 e. The summed E-state index contributed by atoms with van der Waals surface area (Å²) in [5.74, 6) is 1.08. The number of esters is 1. The van der Waals surface area contributed by atoms with E-state index in [-0.39, 0.29) is 5.91 Å². The van der Waals surface area contributed by atoms with Crippen LogP contribution in [-0.2, 0) is 0 Å². The summed E-state index contributed by atoms with van der Waals surface area (Å²) in [5, 5.41) is 3.99. The van der Waals surface area contributed by atoms with E-state index in [1.54, 1.807) is 72.8 Å². The number of amides is 1. The van der Waals surface area contributed by atoms with Crippen LogP contribution in [0.2, 0.25) is 0 Å². The van der Waals surface area contributed by atoms with Crippen molar-refractivity contribution in [1.29, 1.82) is 0 Å². The van der Waals surface area contributed by atoms with Crippen LogP contribution in [0.25, 0.3) is 0 Å². The molecule has 0 unspecified atom stereocenters. The smallest absolute Gasteiger partial charge is 0.343 e. The van der Waals surface area contributed by atoms with E-state index in [4.69, 9.17) is 14.2 Å². The van der Waals surface area contributed by atoms with Crippen LogP contribution in [0.15, 0.2) is 77.9 Å². The van der Waals surface area contributed by atoms with Crippen molar-refractivity contribution < 1.29 is 23.8 Å². The van der Waals surface area contributed by atoms with Gasteiger partial charge in [-0.15, -0.1) is 0 Å². The maximum atomic E-state index is 12.4. The number of carbonyl (C=O) groups is 2. The van der Waals surface area contributed by atoms with Gasteiger partial charge < -0.3 is 14.2 Å². The normalized spacial score (nSPS) is 10.7. The molecule has 0 saturated heterocycles. The number of rotatable bonds is 12. The molecule has 1 N–H and O–H groups in total. The lowest BCUT2D eigenvalue weighted by Crippen LogP contribution is -2.17. The Balaban J connectivity index is 1.47. The Hall–Kier alpha value is -4.13. The zero-order valence-electron chi connectivity index (χ0n) is 20.0. The molecule has 182 valence electrons. The molecule has 0 aromatic heterocycles. The molecule has 0 atom stereocenters. The number of hydrogen-bond donors (Lipinski definition) is 1. The first-order valence-electron chi connectivity index (χ1n) is 11.7. The third-order valence-corrected chi connectivity index (χ3v) is 4.92. The van der Waals surface area contributed by atoms with Gasteiger partial charge in [0.2, 0.25) is 0 Å². The van der Waals surface area contributed by atoms with Crippen LogP contribution in [0.4, 0.5) is 0 Å². The predicted octanol–water partition coefficient (Wildman–Crippen LogP) is 5.64. The van der Waals surface area contributed by atoms with Gasteiger partial charge in [-0.3, -0.25) is 4.79 Å². The van der Waals surface area contributed by atoms with Gasteiger partial charge in [0.25, 0.3) is 5.91 Å². The van der Waals surface area contributed by atoms with Gasteiger partial charge in [0.05, 0.1) is 25.0 Å². The zero-order valence-corrected chi connectivity index (χ0v) is 20.0. The Bertz CT molecular complexity index is 1110. The molecule has 3 rings (SSSR count). The highest BCUT2D eigenvalue weighted by atomic mass is 16.5. The largest absolute Gasteiger partial charge is 0.494 e. The SMILES string of the molecule is CCCCOc1ccc(C(=O)Oc2ccc(/C=N\NC(=O)c3ccc(OCCC)cc3)cc2)cc1. The van der Waals surface area contributed by atoms with Gasteiger partial charge in [0.1, 0.15) is 17.2 Å². The monoisotopic (exact) mass is 474 g/mol. The van der Waals surface area contributed by atoms with Crippen molar-refractivity contribution in [1.82, 2.24) is 5.43 Å². The number of carbonyl (C=O) groups excluding carboxylic acids is 2. The van der Waals surface area contributed by atoms with Crippen LogP contribution in [0.1, 0.15) is 59.4 Å². The maximum absolute atomic E-state index is 12.4. The van der Waals surface area contributed by atoms with E-state index in [9.17, 15) is 9.59 Å². The third-order valence-electron chi connectivity index (χ3n) is 4.92. The Morgan fingerprint density at radius 3 is 1.91 bits per heavy atom. The lowest BCUT2D eigenvalue weighted by atomic mass is 10.2. The standard InChI is InChI=1S/C28H30N2O5/c1-3-5-19-34-25-16-10-23(11-17-25)28(32)35-26-12-6-21(7-13-26)20-29-30-27(31)22-8-14-24(15-9-22)33-18-4-2/h6-17,20H,3-5,18-19H2,1-2H3,(H,30,31)/b29-20-. The minimum absolute atomic E-state index is 0.323. The van der Waals surface area contributed by atoms with Gasteiger partial charge in [-0.2, -0.15) is 5.10 Å². The van der Waals surface area contributed by atoms with E-state index in [2.05, 4.69) is 17.5 Å². The number of hydrazone groups is 1. The quantitative estimate of drug-likeness (QED) is 0.121. The van der Waals surface area contributed by atoms with Crippen molar-refractivity contribution in [2.24, 2.45) is 5.10 Å². The summed E-state index contributed by atoms with van der Waals surface area (Å²) in [6.45, 7) is 5.42. The summed E-state index contributed by atoms with van der Waals surface area (Å²) in [6.07, 6.45) is 4.48. The minimum atomic E-state index is -0.454. The van der Waals surface area contributed by atoms with Crippen LogP contribution in [0.3, 0.4) is 0 Å². The average Bonchev–Trinajstić information content (AvgIpc) is 2.89. The number of nitrogens with zero attached hydrogens (tertiary/aromatic N) is 1. The number of benzene rings is 3. The van der Waals surface area contributed by atoms with Crippen molar-refractivity contribution in [2.45, 2.75) is 33.1 Å². The number of ether oxygens (including phenoxy) is 3. The highest BCUT2D eigenvalue weighted by Gasteiger charge is 2.09. The highest BCUT2D eigenvalue weighted by Crippen LogP contribution is 2.17. The zero-order chi connectivity index (χ0) is 24.9. The Labute approximate surface area is 205 Å². The molecule has 0 spiro atoms. The summed E-state index contributed by atoms with van der Waals surface area (Å²) >= 11 is 0. The molecule has 3 aromatic rings. The summed E-state index contributed by atoms with van der Waals surface area (Å²) in [7, 11) is 0. The summed E-state index contributed by atoms with van der Waals surface area (Å²) in [6, 6.07) is 20.6. The lowest BCUT2D eigenvalue weighted by Gasteiger charge is -2.07. The lowest BCUT2D eigenvalue weighted by molar-refractivity contribution is 0.0734. The van der Waals surface area contributed by atoms with E-state index < -0.39 is 5.97 Å². The van der Waals surface area contributed by atoms with Crippen LogP contribution in [-0.4, -0.2) is 31.3 Å². The van der Waals surface area contributed by atoms with Crippen LogP contribution < -0.4 is 19.6 Å². The molecule has 0 heterocycles. The number of nitrogens with one attached hydrogen (secondary N) is 1. The van der Waals surface area contributed by atoms with Crippen molar-refractivity contribution in [2.75, 3.05) is 13.2 Å². The van der Waals surface area contributed by atoms with E-state index >= 15 is 0 Å². The second kappa shape index (κ2) is 13.5. The molecule has 0 saturated carbocycles. The van der Waals surface area contributed by atoms with Crippen molar-refractivity contribution in [3.63, 3.8) is 0 Å². The number of hydrogen-bond acceptors (Lipinski definition) is 6. The first kappa shape index (κ1) is 25.5. The first-order valence-corrected chi connectivity index (χ1v) is 11.7. The molecular formula is C28H30N2O5. The Morgan fingerprint density at radius 1 is 0.743 bits per heavy atom. The topological polar surface area (TPSA) is 86.2 Å². The van der Waals surface area contributed by atoms with Gasteiger partial charge in [-0.25, -0.2) is 10.2 Å². The molecule has 3 aromatic carbocycles. The Morgan fingerprint density at radius 2 is 1.31 bits per heavy atom. The molecule has 0 aliphatic carbocycles. The van der Waals surface area contributed by atoms with E-state index in [1.807, 2.05) is 6.92 Å². The fourth-order valence-electron chi connectivity index (χ4n) is 2.96. The molecule has 0 aliphatic heterocycles. The molecule has 0 aliphatic rings. The molecular weight excluding hydrogens is 444 g/mol. The van der Waals surface area contributed by atoms with E-state index in [0.29, 0.717) is 30.1 Å². The Kier molecular flexibility index (Phi) is 9.87. The van der Waals surface area contributed by atoms with Crippen molar-refractivity contribution in [3.8, 4) is 17.2 Å². The second-order valence-electron chi connectivity index (χ2n) is 7.76. The summed E-state index contributed by atoms with van der Waals surface area (Å²) < 4.78 is 16.5. The number of unbranched alkanes of at least 4 members (excludes halogenated alkanes) is 1. The van der Waals surface area contributed by atoms with E-state index in [1.165, 1.54) is 6.21 Å². The van der Waals surface area contributed by atoms with Gasteiger partial charge in [0, 0.05) is 5.56 Å². The van der Waals surface area contributed by atoms with Gasteiger partial charge in [-0.1, -0.05) is 20.3 Å². The van der Waals surface area contributed by atoms with E-state index in [0.717, 1.165) is 36.3 Å². The molecule has 0 radical (unpaired) electrons. The minimum Gasteiger partial charge on any atom is -0.494 e. The van der Waals surface area contributed by atoms with Crippen molar-refractivity contribution in [3.05, 3.63) is 89.5 Å². The third kappa shape index (κ3) is 8.30. The predicted molar refractivity (Wildman–Crippen MR) is 136 cm³/mol. The fraction of sp³-hybridized carbons (Fsp3) is 0.250. The first-order chi connectivity index (χ1) is 17.1. The molecule has 35 heavy (non-hydrogen) atoms. The molecule has 1 amide bonds. The molecule has 0 fully saturated rings. The average molecular weight is 475 g/mol. The van der Waals surface area contributed by atoms with Crippen LogP contribution in [0, 0.1) is 0 Å². The summed E-state index contributed by atoms with van der Waals surface area (Å²) in [4.78, 5) is 24.6. The molecule has 7 nitrogen and oxygen atoms in total. The second-order valence-corrected chi connectivity index (χ2v) is 7.76. The van der Waals surface area contributed by atoms with Crippen molar-refractivity contribution >= 4 is 18.1 Å². The van der Waals surface area contributed by atoms with Gasteiger partial charge in [-0.05, 0) is 91.2 Å². The summed E-state index contributed by atoms with van der Waals surface area (Å²) in [5.41, 5.74) is 4.15.